The Labute approximate surface area is 97.0 Å². The Hall–Kier alpha value is -1.69. The molecule has 16 heavy (non-hydrogen) atoms. The average molecular weight is 218 g/mol. The Morgan fingerprint density at radius 3 is 2.56 bits per heavy atom. The van der Waals surface area contributed by atoms with Crippen molar-refractivity contribution in [1.82, 2.24) is 0 Å². The maximum atomic E-state index is 9.02. The fourth-order valence-electron chi connectivity index (χ4n) is 1.33. The molecule has 86 valence electrons. The largest absolute Gasteiger partial charge is 0.495 e. The number of nitrogens with zero attached hydrogens (tertiary/aromatic N) is 1. The van der Waals surface area contributed by atoms with Crippen LogP contribution < -0.4 is 10.1 Å². The SMILES string of the molecule is COc1cccc(C#N)c1NCC(C)(C)C. The van der Waals surface area contributed by atoms with E-state index in [2.05, 4.69) is 32.2 Å². The van der Waals surface area contributed by atoms with Crippen LogP contribution in [0.5, 0.6) is 5.75 Å². The van der Waals surface area contributed by atoms with Gasteiger partial charge in [0.05, 0.1) is 18.4 Å². The number of ether oxygens (including phenoxy) is 1. The number of rotatable bonds is 3. The number of hydrogen-bond donors (Lipinski definition) is 1. The van der Waals surface area contributed by atoms with Crippen LogP contribution in [0.2, 0.25) is 0 Å². The molecule has 0 amide bonds. The van der Waals surface area contributed by atoms with Gasteiger partial charge in [0.1, 0.15) is 11.8 Å². The topological polar surface area (TPSA) is 45.0 Å². The zero-order chi connectivity index (χ0) is 12.2. The zero-order valence-electron chi connectivity index (χ0n) is 10.3. The molecule has 3 nitrogen and oxygen atoms in total. The number of benzene rings is 1. The van der Waals surface area contributed by atoms with Gasteiger partial charge in [0.2, 0.25) is 0 Å². The number of hydrogen-bond acceptors (Lipinski definition) is 3. The summed E-state index contributed by atoms with van der Waals surface area (Å²) in [6.07, 6.45) is 0. The van der Waals surface area contributed by atoms with Gasteiger partial charge in [0, 0.05) is 6.54 Å². The lowest BCUT2D eigenvalue weighted by Crippen LogP contribution is -2.19. The zero-order valence-corrected chi connectivity index (χ0v) is 10.3. The Bertz CT molecular complexity index is 399. The van der Waals surface area contributed by atoms with Crippen LogP contribution in [-0.2, 0) is 0 Å². The molecule has 0 aliphatic rings. The Morgan fingerprint density at radius 1 is 1.38 bits per heavy atom. The maximum Gasteiger partial charge on any atom is 0.143 e. The van der Waals surface area contributed by atoms with Gasteiger partial charge in [0.25, 0.3) is 0 Å². The van der Waals surface area contributed by atoms with Gasteiger partial charge in [-0.2, -0.15) is 5.26 Å². The van der Waals surface area contributed by atoms with E-state index in [0.29, 0.717) is 11.3 Å². The molecule has 1 aromatic rings. The highest BCUT2D eigenvalue weighted by atomic mass is 16.5. The highest BCUT2D eigenvalue weighted by Gasteiger charge is 2.13. The normalized spacial score (nSPS) is 10.7. The van der Waals surface area contributed by atoms with Crippen LogP contribution in [-0.4, -0.2) is 13.7 Å². The molecule has 3 heteroatoms. The molecule has 1 rings (SSSR count). The Morgan fingerprint density at radius 2 is 2.06 bits per heavy atom. The van der Waals surface area contributed by atoms with E-state index in [1.807, 2.05) is 12.1 Å². The first-order chi connectivity index (χ1) is 7.48. The fourth-order valence-corrected chi connectivity index (χ4v) is 1.33. The molecule has 0 atom stereocenters. The summed E-state index contributed by atoms with van der Waals surface area (Å²) in [6, 6.07) is 7.62. The molecule has 0 radical (unpaired) electrons. The minimum absolute atomic E-state index is 0.160. The first-order valence-corrected chi connectivity index (χ1v) is 5.29. The van der Waals surface area contributed by atoms with Crippen molar-refractivity contribution in [2.75, 3.05) is 19.0 Å². The highest BCUT2D eigenvalue weighted by Crippen LogP contribution is 2.29. The van der Waals surface area contributed by atoms with Gasteiger partial charge in [-0.3, -0.25) is 0 Å². The molecule has 0 aliphatic heterocycles. The molecule has 1 aromatic carbocycles. The minimum atomic E-state index is 0.160. The summed E-state index contributed by atoms with van der Waals surface area (Å²) in [7, 11) is 1.61. The quantitative estimate of drug-likeness (QED) is 0.848. The van der Waals surface area contributed by atoms with Crippen LogP contribution in [0.1, 0.15) is 26.3 Å². The van der Waals surface area contributed by atoms with Gasteiger partial charge >= 0.3 is 0 Å². The Kier molecular flexibility index (Phi) is 3.78. The second kappa shape index (κ2) is 4.89. The third-order valence-corrected chi connectivity index (χ3v) is 2.16. The smallest absolute Gasteiger partial charge is 0.143 e. The van der Waals surface area contributed by atoms with Crippen molar-refractivity contribution in [2.24, 2.45) is 5.41 Å². The summed E-state index contributed by atoms with van der Waals surface area (Å²) in [5.41, 5.74) is 1.55. The Balaban J connectivity index is 2.97. The molecule has 0 unspecified atom stereocenters. The minimum Gasteiger partial charge on any atom is -0.495 e. The van der Waals surface area contributed by atoms with Crippen LogP contribution in [0.4, 0.5) is 5.69 Å². The molecule has 0 saturated heterocycles. The fraction of sp³-hybridized carbons (Fsp3) is 0.462. The molecule has 0 spiro atoms. The second-order valence-corrected chi connectivity index (χ2v) is 4.91. The molecule has 0 aliphatic carbocycles. The number of nitriles is 1. The van der Waals surface area contributed by atoms with Crippen molar-refractivity contribution in [1.29, 1.82) is 5.26 Å². The van der Waals surface area contributed by atoms with Crippen molar-refractivity contribution < 1.29 is 4.74 Å². The van der Waals surface area contributed by atoms with E-state index in [4.69, 9.17) is 10.00 Å². The summed E-state index contributed by atoms with van der Waals surface area (Å²) in [4.78, 5) is 0. The summed E-state index contributed by atoms with van der Waals surface area (Å²) in [5, 5.41) is 12.3. The monoisotopic (exact) mass is 218 g/mol. The number of para-hydroxylation sites is 1. The van der Waals surface area contributed by atoms with Crippen LogP contribution in [0.25, 0.3) is 0 Å². The van der Waals surface area contributed by atoms with Crippen molar-refractivity contribution in [3.8, 4) is 11.8 Å². The maximum absolute atomic E-state index is 9.02. The van der Waals surface area contributed by atoms with Gasteiger partial charge in [-0.15, -0.1) is 0 Å². The summed E-state index contributed by atoms with van der Waals surface area (Å²) < 4.78 is 5.24. The predicted molar refractivity (Wildman–Crippen MR) is 65.7 cm³/mol. The number of methoxy groups -OCH3 is 1. The molecule has 0 heterocycles. The lowest BCUT2D eigenvalue weighted by Gasteiger charge is -2.21. The van der Waals surface area contributed by atoms with E-state index in [-0.39, 0.29) is 5.41 Å². The van der Waals surface area contributed by atoms with E-state index >= 15 is 0 Å². The standard InChI is InChI=1S/C13H18N2O/c1-13(2,3)9-15-12-10(8-14)6-5-7-11(12)16-4/h5-7,15H,9H2,1-4H3. The van der Waals surface area contributed by atoms with E-state index < -0.39 is 0 Å². The van der Waals surface area contributed by atoms with Crippen LogP contribution in [0.15, 0.2) is 18.2 Å². The first-order valence-electron chi connectivity index (χ1n) is 5.29. The summed E-state index contributed by atoms with van der Waals surface area (Å²) in [6.45, 7) is 7.21. The van der Waals surface area contributed by atoms with Gasteiger partial charge in [-0.05, 0) is 17.5 Å². The first kappa shape index (κ1) is 12.4. The average Bonchev–Trinajstić information content (AvgIpc) is 2.24. The molecule has 0 fully saturated rings. The van der Waals surface area contributed by atoms with E-state index in [9.17, 15) is 0 Å². The lowest BCUT2D eigenvalue weighted by molar-refractivity contribution is 0.412. The van der Waals surface area contributed by atoms with Crippen molar-refractivity contribution in [3.05, 3.63) is 23.8 Å². The van der Waals surface area contributed by atoms with Crippen LogP contribution in [0, 0.1) is 16.7 Å². The predicted octanol–water partition coefficient (Wildman–Crippen LogP) is 3.02. The summed E-state index contributed by atoms with van der Waals surface area (Å²) in [5.74, 6) is 0.711. The highest BCUT2D eigenvalue weighted by molar-refractivity contribution is 5.66. The molecule has 1 N–H and O–H groups in total. The van der Waals surface area contributed by atoms with E-state index in [1.54, 1.807) is 13.2 Å². The van der Waals surface area contributed by atoms with Crippen molar-refractivity contribution in [3.63, 3.8) is 0 Å². The lowest BCUT2D eigenvalue weighted by atomic mass is 9.96. The van der Waals surface area contributed by atoms with Gasteiger partial charge in [-0.25, -0.2) is 0 Å². The number of anilines is 1. The number of nitrogens with one attached hydrogen (secondary N) is 1. The third-order valence-electron chi connectivity index (χ3n) is 2.16. The molecule has 0 bridgehead atoms. The van der Waals surface area contributed by atoms with Gasteiger partial charge < -0.3 is 10.1 Å². The van der Waals surface area contributed by atoms with Gasteiger partial charge in [0.15, 0.2) is 0 Å². The van der Waals surface area contributed by atoms with Crippen LogP contribution >= 0.6 is 0 Å². The van der Waals surface area contributed by atoms with Gasteiger partial charge in [-0.1, -0.05) is 26.8 Å². The molecule has 0 aromatic heterocycles. The summed E-state index contributed by atoms with van der Waals surface area (Å²) >= 11 is 0. The van der Waals surface area contributed by atoms with Crippen LogP contribution in [0.3, 0.4) is 0 Å². The second-order valence-electron chi connectivity index (χ2n) is 4.91. The van der Waals surface area contributed by atoms with Crippen molar-refractivity contribution >= 4 is 5.69 Å². The molecular weight excluding hydrogens is 200 g/mol. The third kappa shape index (κ3) is 3.16. The van der Waals surface area contributed by atoms with E-state index in [0.717, 1.165) is 12.2 Å². The van der Waals surface area contributed by atoms with Crippen molar-refractivity contribution in [2.45, 2.75) is 20.8 Å². The molecular formula is C13H18N2O. The van der Waals surface area contributed by atoms with E-state index in [1.165, 1.54) is 0 Å². The molecule has 0 saturated carbocycles.